The molecule has 0 unspecified atom stereocenters. The molecule has 0 aromatic rings. The van der Waals surface area contributed by atoms with Crippen LogP contribution in [0.4, 0.5) is 0 Å². The number of carboxylic acids is 1. The molecule has 0 aliphatic carbocycles. The van der Waals surface area contributed by atoms with Crippen molar-refractivity contribution in [2.45, 2.75) is 19.9 Å². The van der Waals surface area contributed by atoms with Gasteiger partial charge in [-0.05, 0) is 5.92 Å². The Hall–Kier alpha value is -0.570. The van der Waals surface area contributed by atoms with E-state index in [9.17, 15) is 4.79 Å². The summed E-state index contributed by atoms with van der Waals surface area (Å²) in [6, 6.07) is -0.713. The van der Waals surface area contributed by atoms with E-state index in [0.29, 0.717) is 0 Å². The maximum Gasteiger partial charge on any atom is 0.320 e. The summed E-state index contributed by atoms with van der Waals surface area (Å²) in [7, 11) is 0. The average molecular weight is 119 g/mol. The molecule has 1 atom stereocenters. The summed E-state index contributed by atoms with van der Waals surface area (Å²) >= 11 is 0. The third kappa shape index (κ3) is 1.93. The minimum Gasteiger partial charge on any atom is -0.480 e. The van der Waals surface area contributed by atoms with E-state index in [1.807, 2.05) is 0 Å². The lowest BCUT2D eigenvalue weighted by Gasteiger charge is -2.07. The molecule has 0 saturated heterocycles. The Kier molecular flexibility index (Phi) is 2.48. The first-order chi connectivity index (χ1) is 3.55. The first-order valence-corrected chi connectivity index (χ1v) is 2.54. The summed E-state index contributed by atoms with van der Waals surface area (Å²) < 4.78 is 0. The molecule has 0 heterocycles. The largest absolute Gasteiger partial charge is 0.480 e. The second kappa shape index (κ2) is 2.67. The highest BCUT2D eigenvalue weighted by Crippen LogP contribution is 1.96. The van der Waals surface area contributed by atoms with Gasteiger partial charge in [-0.25, -0.2) is 0 Å². The second-order valence-corrected chi connectivity index (χ2v) is 2.11. The van der Waals surface area contributed by atoms with Crippen LogP contribution in [0.15, 0.2) is 0 Å². The summed E-state index contributed by atoms with van der Waals surface area (Å²) in [6.07, 6.45) is 0. The highest BCUT2D eigenvalue weighted by molar-refractivity contribution is 5.73. The van der Waals surface area contributed by atoms with Crippen molar-refractivity contribution in [2.75, 3.05) is 0 Å². The van der Waals surface area contributed by atoms with Crippen molar-refractivity contribution >= 4 is 5.97 Å². The number of carbonyl (C=O) groups is 1. The molecule has 0 radical (unpaired) electrons. The van der Waals surface area contributed by atoms with Gasteiger partial charge in [0.15, 0.2) is 0 Å². The normalized spacial score (nSPS) is 14.0. The van der Waals surface area contributed by atoms with Gasteiger partial charge in [0.25, 0.3) is 0 Å². The molecule has 0 amide bonds. The van der Waals surface area contributed by atoms with Crippen molar-refractivity contribution in [3.05, 3.63) is 0 Å². The van der Waals surface area contributed by atoms with Gasteiger partial charge in [-0.1, -0.05) is 13.8 Å². The van der Waals surface area contributed by atoms with Gasteiger partial charge < -0.3 is 10.8 Å². The van der Waals surface area contributed by atoms with E-state index in [1.165, 1.54) is 0 Å². The van der Waals surface area contributed by atoms with E-state index in [0.717, 1.165) is 0 Å². The molecule has 0 aliphatic heterocycles. The van der Waals surface area contributed by atoms with Crippen LogP contribution in [-0.4, -0.2) is 17.1 Å². The lowest BCUT2D eigenvalue weighted by Crippen LogP contribution is -2.34. The van der Waals surface area contributed by atoms with Crippen molar-refractivity contribution < 1.29 is 9.90 Å². The van der Waals surface area contributed by atoms with E-state index in [1.54, 1.807) is 13.8 Å². The fourth-order valence-electron chi connectivity index (χ4n) is 0.285. The fourth-order valence-corrected chi connectivity index (χ4v) is 0.285. The molecule has 0 aromatic heterocycles. The molecular formula is C5H11NO2. The van der Waals surface area contributed by atoms with E-state index in [-0.39, 0.29) is 5.92 Å². The number of hydrogen-bond acceptors (Lipinski definition) is 2. The van der Waals surface area contributed by atoms with Crippen LogP contribution in [0.2, 0.25) is 0 Å². The van der Waals surface area contributed by atoms with Crippen LogP contribution in [0.3, 0.4) is 0 Å². The minimum absolute atomic E-state index is 0.0208. The molecule has 3 N–H and O–H groups in total. The lowest BCUT2D eigenvalue weighted by molar-refractivity contribution is -0.139. The van der Waals surface area contributed by atoms with Crippen LogP contribution in [0.25, 0.3) is 0 Å². The van der Waals surface area contributed by atoms with E-state index < -0.39 is 12.0 Å². The minimum atomic E-state index is -0.931. The molecular weight excluding hydrogens is 108 g/mol. The lowest BCUT2D eigenvalue weighted by atomic mass is 10.1. The first-order valence-electron chi connectivity index (χ1n) is 2.54. The Morgan fingerprint density at radius 1 is 1.62 bits per heavy atom. The molecule has 0 aliphatic rings. The van der Waals surface area contributed by atoms with Gasteiger partial charge in [0.05, 0.1) is 0 Å². The molecule has 8 heavy (non-hydrogen) atoms. The Morgan fingerprint density at radius 3 is 2.00 bits per heavy atom. The zero-order chi connectivity index (χ0) is 6.73. The van der Waals surface area contributed by atoms with Crippen LogP contribution < -0.4 is 5.73 Å². The molecule has 0 aromatic carbocycles. The number of aliphatic carboxylic acids is 1. The van der Waals surface area contributed by atoms with Gasteiger partial charge in [-0.3, -0.25) is 4.79 Å². The monoisotopic (exact) mass is 119 g/mol. The molecule has 0 spiro atoms. The first kappa shape index (κ1) is 7.43. The quantitative estimate of drug-likeness (QED) is 0.505. The summed E-state index contributed by atoms with van der Waals surface area (Å²) in [5.41, 5.74) is 5.16. The zero-order valence-corrected chi connectivity index (χ0v) is 5.09. The number of nitrogens with two attached hydrogens (primary N) is 1. The Morgan fingerprint density at radius 2 is 2.00 bits per heavy atom. The highest BCUT2D eigenvalue weighted by atomic mass is 18.1. The third-order valence-electron chi connectivity index (χ3n) is 1.00. The number of carboxylic acid groups (broad SMARTS) is 1. The predicted octanol–water partition coefficient (Wildman–Crippen LogP) is 0.0543. The number of rotatable bonds is 2. The van der Waals surface area contributed by atoms with E-state index in [4.69, 9.17) is 10.8 Å². The second-order valence-electron chi connectivity index (χ2n) is 2.11. The Labute approximate surface area is 48.5 Å². The Bertz CT molecular complexity index is 90.4. The van der Waals surface area contributed by atoms with Crippen LogP contribution in [0, 0.1) is 5.92 Å². The molecule has 0 fully saturated rings. The highest BCUT2D eigenvalue weighted by Gasteiger charge is 2.14. The number of hydrogen-bond donors (Lipinski definition) is 2. The SMILES string of the molecule is CC(C)[C@H](N)C(O)=[18O]. The van der Waals surface area contributed by atoms with Gasteiger partial charge in [0, 0.05) is 0 Å². The summed E-state index contributed by atoms with van der Waals surface area (Å²) in [4.78, 5) is 10.0. The summed E-state index contributed by atoms with van der Waals surface area (Å²) in [5.74, 6) is -0.910. The van der Waals surface area contributed by atoms with Crippen LogP contribution in [0.1, 0.15) is 13.8 Å². The van der Waals surface area contributed by atoms with Crippen molar-refractivity contribution in [1.82, 2.24) is 0 Å². The van der Waals surface area contributed by atoms with Crippen molar-refractivity contribution in [3.8, 4) is 0 Å². The summed E-state index contributed by atoms with van der Waals surface area (Å²) in [5, 5.41) is 8.23. The van der Waals surface area contributed by atoms with Gasteiger partial charge >= 0.3 is 5.97 Å². The smallest absolute Gasteiger partial charge is 0.320 e. The molecule has 48 valence electrons. The van der Waals surface area contributed by atoms with Crippen molar-refractivity contribution in [2.24, 2.45) is 11.7 Å². The third-order valence-corrected chi connectivity index (χ3v) is 1.00. The van der Waals surface area contributed by atoms with Gasteiger partial charge in [-0.15, -0.1) is 0 Å². The van der Waals surface area contributed by atoms with E-state index >= 15 is 0 Å². The van der Waals surface area contributed by atoms with Crippen molar-refractivity contribution in [3.63, 3.8) is 0 Å². The predicted molar refractivity (Wildman–Crippen MR) is 30.4 cm³/mol. The van der Waals surface area contributed by atoms with Gasteiger partial charge in [-0.2, -0.15) is 0 Å². The maximum absolute atomic E-state index is 10.0. The molecule has 3 nitrogen and oxygen atoms in total. The summed E-state index contributed by atoms with van der Waals surface area (Å²) in [6.45, 7) is 3.55. The molecule has 3 heteroatoms. The average Bonchev–Trinajstić information content (AvgIpc) is 1.64. The Balaban J connectivity index is 3.64. The van der Waals surface area contributed by atoms with Gasteiger partial charge in [0.2, 0.25) is 0 Å². The zero-order valence-electron chi connectivity index (χ0n) is 5.09. The van der Waals surface area contributed by atoms with Crippen LogP contribution >= 0.6 is 0 Å². The van der Waals surface area contributed by atoms with Gasteiger partial charge in [0.1, 0.15) is 6.04 Å². The molecule has 0 rings (SSSR count). The molecule has 0 bridgehead atoms. The topological polar surface area (TPSA) is 63.3 Å². The standard InChI is InChI=1S/C5H11NO2/c1-3(2)4(6)5(7)8/h3-4H,6H2,1-2H3,(H,7,8)/t4-/m0/s1/i7+2. The fraction of sp³-hybridized carbons (Fsp3) is 0.800. The van der Waals surface area contributed by atoms with Crippen molar-refractivity contribution in [1.29, 1.82) is 0 Å². The van der Waals surface area contributed by atoms with Crippen LogP contribution in [0.5, 0.6) is 0 Å². The molecule has 0 saturated carbocycles. The van der Waals surface area contributed by atoms with E-state index in [2.05, 4.69) is 0 Å². The van der Waals surface area contributed by atoms with Crippen LogP contribution in [-0.2, 0) is 4.79 Å². The maximum atomic E-state index is 10.0.